The molecule has 6 nitrogen and oxygen atoms in total. The molecule has 0 aliphatic heterocycles. The van der Waals surface area contributed by atoms with E-state index in [2.05, 4.69) is 52.7 Å². The molecule has 3 rings (SSSR count). The Kier molecular flexibility index (Phi) is 7.08. The molecule has 7 heteroatoms. The fourth-order valence-corrected chi connectivity index (χ4v) is 3.29. The molecule has 28 heavy (non-hydrogen) atoms. The lowest BCUT2D eigenvalue weighted by atomic mass is 10.1. The van der Waals surface area contributed by atoms with E-state index in [1.54, 1.807) is 24.6 Å². The van der Waals surface area contributed by atoms with Gasteiger partial charge in [-0.2, -0.15) is 0 Å². The molecule has 0 saturated carbocycles. The van der Waals surface area contributed by atoms with Gasteiger partial charge in [0.1, 0.15) is 12.0 Å². The summed E-state index contributed by atoms with van der Waals surface area (Å²) in [5, 5.41) is 8.60. The number of ether oxygens (including phenoxy) is 1. The Morgan fingerprint density at radius 2 is 2.11 bits per heavy atom. The number of oxazole rings is 1. The van der Waals surface area contributed by atoms with Crippen molar-refractivity contribution in [1.82, 2.24) is 15.6 Å². The smallest absolute Gasteiger partial charge is 0.236 e. The third kappa shape index (κ3) is 5.36. The van der Waals surface area contributed by atoms with E-state index in [0.29, 0.717) is 31.5 Å². The molecule has 0 aliphatic rings. The van der Waals surface area contributed by atoms with Gasteiger partial charge in [0.05, 0.1) is 23.7 Å². The van der Waals surface area contributed by atoms with E-state index in [1.165, 1.54) is 5.56 Å². The highest BCUT2D eigenvalue weighted by Crippen LogP contribution is 2.23. The number of hydrogen-bond acceptors (Lipinski definition) is 5. The summed E-state index contributed by atoms with van der Waals surface area (Å²) in [6.45, 7) is 6.04. The predicted octanol–water partition coefficient (Wildman–Crippen LogP) is 4.37. The van der Waals surface area contributed by atoms with Gasteiger partial charge < -0.3 is 19.8 Å². The maximum atomic E-state index is 5.88. The Hall–Kier alpha value is -2.80. The fraction of sp³-hybridized carbons (Fsp3) is 0.333. The lowest BCUT2D eigenvalue weighted by Gasteiger charge is -2.15. The van der Waals surface area contributed by atoms with Crippen molar-refractivity contribution < 1.29 is 9.15 Å². The molecule has 0 spiro atoms. The van der Waals surface area contributed by atoms with Gasteiger partial charge in [-0.05, 0) is 36.4 Å². The summed E-state index contributed by atoms with van der Waals surface area (Å²) >= 11 is 1.61. The molecule has 0 aliphatic carbocycles. The zero-order valence-corrected chi connectivity index (χ0v) is 17.3. The zero-order valence-electron chi connectivity index (χ0n) is 16.5. The molecule has 0 bridgehead atoms. The second-order valence-electron chi connectivity index (χ2n) is 6.36. The summed E-state index contributed by atoms with van der Waals surface area (Å²) in [5.41, 5.74) is 3.11. The highest BCUT2D eigenvalue weighted by atomic mass is 32.1. The summed E-state index contributed by atoms with van der Waals surface area (Å²) < 4.78 is 11.4. The largest absolute Gasteiger partial charge is 0.493 e. The van der Waals surface area contributed by atoms with Crippen molar-refractivity contribution in [2.45, 2.75) is 33.4 Å². The predicted molar refractivity (Wildman–Crippen MR) is 114 cm³/mol. The highest BCUT2D eigenvalue weighted by molar-refractivity contribution is 7.13. The van der Waals surface area contributed by atoms with Crippen molar-refractivity contribution in [2.75, 3.05) is 13.7 Å². The van der Waals surface area contributed by atoms with Crippen LogP contribution in [0.25, 0.3) is 10.8 Å². The second-order valence-corrected chi connectivity index (χ2v) is 7.31. The number of aromatic nitrogens is 1. The van der Waals surface area contributed by atoms with Crippen molar-refractivity contribution in [2.24, 2.45) is 4.99 Å². The van der Waals surface area contributed by atoms with Crippen LogP contribution < -0.4 is 15.4 Å². The van der Waals surface area contributed by atoms with Crippen molar-refractivity contribution in [3.63, 3.8) is 0 Å². The van der Waals surface area contributed by atoms with E-state index in [4.69, 9.17) is 9.15 Å². The van der Waals surface area contributed by atoms with Crippen LogP contribution in [0.5, 0.6) is 5.75 Å². The Bertz CT molecular complexity index is 903. The number of benzene rings is 1. The molecular formula is C21H26N4O2S. The molecule has 1 aromatic carbocycles. The molecule has 3 aromatic rings. The first-order valence-electron chi connectivity index (χ1n) is 9.34. The van der Waals surface area contributed by atoms with Crippen LogP contribution in [0.3, 0.4) is 0 Å². The molecule has 2 N–H and O–H groups in total. The SMILES string of the molecule is CCCOc1cc(C)ccc1CNC(=NC)NCc1coc(-c2cccs2)n1. The van der Waals surface area contributed by atoms with Crippen molar-refractivity contribution in [3.8, 4) is 16.5 Å². The Labute approximate surface area is 169 Å². The zero-order chi connectivity index (χ0) is 19.8. The Balaban J connectivity index is 1.55. The maximum Gasteiger partial charge on any atom is 0.236 e. The molecule has 0 unspecified atom stereocenters. The lowest BCUT2D eigenvalue weighted by Crippen LogP contribution is -2.36. The number of aliphatic imine (C=N–C) groups is 1. The number of nitrogens with one attached hydrogen (secondary N) is 2. The minimum Gasteiger partial charge on any atom is -0.493 e. The Morgan fingerprint density at radius 1 is 1.25 bits per heavy atom. The van der Waals surface area contributed by atoms with Crippen LogP contribution in [0.2, 0.25) is 0 Å². The van der Waals surface area contributed by atoms with Gasteiger partial charge in [0.25, 0.3) is 0 Å². The summed E-state index contributed by atoms with van der Waals surface area (Å²) in [7, 11) is 1.75. The fourth-order valence-electron chi connectivity index (χ4n) is 2.63. The minimum atomic E-state index is 0.529. The average molecular weight is 399 g/mol. The van der Waals surface area contributed by atoms with Crippen LogP contribution in [-0.2, 0) is 13.1 Å². The first-order valence-corrected chi connectivity index (χ1v) is 10.2. The van der Waals surface area contributed by atoms with Crippen LogP contribution in [0.15, 0.2) is 51.4 Å². The lowest BCUT2D eigenvalue weighted by molar-refractivity contribution is 0.313. The molecule has 148 valence electrons. The van der Waals surface area contributed by atoms with Gasteiger partial charge in [-0.1, -0.05) is 25.1 Å². The summed E-state index contributed by atoms with van der Waals surface area (Å²) in [5.74, 6) is 2.26. The third-order valence-corrected chi connectivity index (χ3v) is 4.93. The van der Waals surface area contributed by atoms with E-state index in [9.17, 15) is 0 Å². The number of rotatable bonds is 8. The molecule has 2 aromatic heterocycles. The molecule has 0 saturated heterocycles. The average Bonchev–Trinajstić information content (AvgIpc) is 3.39. The van der Waals surface area contributed by atoms with Gasteiger partial charge in [-0.15, -0.1) is 11.3 Å². The number of thiophene rings is 1. The van der Waals surface area contributed by atoms with E-state index in [-0.39, 0.29) is 0 Å². The van der Waals surface area contributed by atoms with Crippen molar-refractivity contribution in [3.05, 3.63) is 58.8 Å². The van der Waals surface area contributed by atoms with Crippen LogP contribution in [0, 0.1) is 6.92 Å². The first kappa shape index (κ1) is 19.9. The van der Waals surface area contributed by atoms with Gasteiger partial charge in [-0.25, -0.2) is 4.98 Å². The van der Waals surface area contributed by atoms with Crippen LogP contribution in [0.4, 0.5) is 0 Å². The van der Waals surface area contributed by atoms with E-state index in [1.807, 2.05) is 17.5 Å². The first-order chi connectivity index (χ1) is 13.7. The van der Waals surface area contributed by atoms with E-state index >= 15 is 0 Å². The van der Waals surface area contributed by atoms with Gasteiger partial charge in [-0.3, -0.25) is 4.99 Å². The minimum absolute atomic E-state index is 0.529. The second kappa shape index (κ2) is 9.94. The van der Waals surface area contributed by atoms with Crippen LogP contribution in [-0.4, -0.2) is 24.6 Å². The monoisotopic (exact) mass is 398 g/mol. The van der Waals surface area contributed by atoms with Gasteiger partial charge in [0, 0.05) is 19.2 Å². The number of hydrogen-bond donors (Lipinski definition) is 2. The summed E-state index contributed by atoms with van der Waals surface area (Å²) in [4.78, 5) is 9.82. The Morgan fingerprint density at radius 3 is 2.86 bits per heavy atom. The van der Waals surface area contributed by atoms with Gasteiger partial charge in [0.15, 0.2) is 5.96 Å². The number of guanidine groups is 1. The van der Waals surface area contributed by atoms with Crippen molar-refractivity contribution in [1.29, 1.82) is 0 Å². The third-order valence-electron chi connectivity index (χ3n) is 4.07. The van der Waals surface area contributed by atoms with Crippen molar-refractivity contribution >= 4 is 17.3 Å². The van der Waals surface area contributed by atoms with E-state index < -0.39 is 0 Å². The quantitative estimate of drug-likeness (QED) is 0.436. The molecular weight excluding hydrogens is 372 g/mol. The molecule has 0 radical (unpaired) electrons. The topological polar surface area (TPSA) is 71.7 Å². The molecule has 2 heterocycles. The van der Waals surface area contributed by atoms with Gasteiger partial charge in [0.2, 0.25) is 5.89 Å². The molecule has 0 atom stereocenters. The molecule has 0 amide bonds. The maximum absolute atomic E-state index is 5.88. The van der Waals surface area contributed by atoms with E-state index in [0.717, 1.165) is 28.3 Å². The molecule has 0 fully saturated rings. The van der Waals surface area contributed by atoms with Crippen LogP contribution >= 0.6 is 11.3 Å². The van der Waals surface area contributed by atoms with Gasteiger partial charge >= 0.3 is 0 Å². The summed E-state index contributed by atoms with van der Waals surface area (Å²) in [6.07, 6.45) is 2.65. The highest BCUT2D eigenvalue weighted by Gasteiger charge is 2.09. The standard InChI is InChI=1S/C21H26N4O2S/c1-4-9-26-18-11-15(2)7-8-16(18)12-23-21(22-3)24-13-17-14-27-20(25-17)19-6-5-10-28-19/h5-8,10-11,14H,4,9,12-13H2,1-3H3,(H2,22,23,24). The van der Waals surface area contributed by atoms with Crippen LogP contribution in [0.1, 0.15) is 30.2 Å². The normalized spacial score (nSPS) is 11.5. The number of aryl methyl sites for hydroxylation is 1. The number of nitrogens with zero attached hydrogens (tertiary/aromatic N) is 2. The summed E-state index contributed by atoms with van der Waals surface area (Å²) in [6, 6.07) is 10.2.